The molecule has 1 atom stereocenters. The number of aliphatic hydroxyl groups is 1. The third kappa shape index (κ3) is 4.86. The number of hydrogen-bond acceptors (Lipinski definition) is 5. The molecule has 2 aromatic rings. The molecular weight excluding hydrogens is 268 g/mol. The maximum atomic E-state index is 9.89. The molecule has 5 nitrogen and oxygen atoms in total. The van der Waals surface area contributed by atoms with E-state index in [2.05, 4.69) is 24.0 Å². The number of hydrogen-bond donors (Lipinski definition) is 1. The third-order valence-corrected chi connectivity index (χ3v) is 3.19. The van der Waals surface area contributed by atoms with Crippen molar-refractivity contribution < 1.29 is 14.4 Å². The van der Waals surface area contributed by atoms with Crippen LogP contribution in [-0.2, 0) is 12.8 Å². The average molecular weight is 290 g/mol. The third-order valence-electron chi connectivity index (χ3n) is 3.19. The van der Waals surface area contributed by atoms with Gasteiger partial charge in [-0.25, -0.2) is 0 Å². The second-order valence-corrected chi connectivity index (χ2v) is 5.62. The lowest BCUT2D eigenvalue weighted by Crippen LogP contribution is -2.13. The molecule has 0 amide bonds. The molecule has 5 heteroatoms. The fourth-order valence-electron chi connectivity index (χ4n) is 2.20. The van der Waals surface area contributed by atoms with Crippen LogP contribution >= 0.6 is 0 Å². The number of benzene rings is 1. The van der Waals surface area contributed by atoms with Crippen LogP contribution in [0.3, 0.4) is 0 Å². The van der Waals surface area contributed by atoms with Gasteiger partial charge in [0.15, 0.2) is 5.82 Å². The van der Waals surface area contributed by atoms with Gasteiger partial charge in [-0.3, -0.25) is 0 Å². The zero-order valence-electron chi connectivity index (χ0n) is 12.7. The standard InChI is InChI=1S/C16H22N2O3/c1-11(2)8-13(19)10-16-17-15(18-21-16)9-12-4-6-14(20-3)7-5-12/h4-7,11,13,19H,8-10H2,1-3H3. The molecule has 21 heavy (non-hydrogen) atoms. The van der Waals surface area contributed by atoms with Gasteiger partial charge in [-0.15, -0.1) is 0 Å². The Morgan fingerprint density at radius 3 is 2.57 bits per heavy atom. The average Bonchev–Trinajstić information content (AvgIpc) is 2.85. The van der Waals surface area contributed by atoms with Crippen LogP contribution in [0.1, 0.15) is 37.5 Å². The first-order valence-electron chi connectivity index (χ1n) is 7.19. The van der Waals surface area contributed by atoms with Gasteiger partial charge in [0.05, 0.1) is 19.6 Å². The summed E-state index contributed by atoms with van der Waals surface area (Å²) in [4.78, 5) is 4.33. The van der Waals surface area contributed by atoms with Crippen LogP contribution in [0.4, 0.5) is 0 Å². The van der Waals surface area contributed by atoms with Crippen molar-refractivity contribution in [3.05, 3.63) is 41.5 Å². The molecule has 1 heterocycles. The van der Waals surface area contributed by atoms with Crippen LogP contribution in [0, 0.1) is 5.92 Å². The van der Waals surface area contributed by atoms with Crippen LogP contribution in [0.5, 0.6) is 5.75 Å². The zero-order chi connectivity index (χ0) is 15.2. The Morgan fingerprint density at radius 2 is 1.95 bits per heavy atom. The summed E-state index contributed by atoms with van der Waals surface area (Å²) in [5.74, 6) is 2.39. The van der Waals surface area contributed by atoms with E-state index in [0.29, 0.717) is 30.5 Å². The smallest absolute Gasteiger partial charge is 0.229 e. The molecule has 0 fully saturated rings. The molecule has 0 saturated heterocycles. The fraction of sp³-hybridized carbons (Fsp3) is 0.500. The number of ether oxygens (including phenoxy) is 1. The van der Waals surface area contributed by atoms with Gasteiger partial charge in [0.2, 0.25) is 5.89 Å². The first-order chi connectivity index (χ1) is 10.1. The Balaban J connectivity index is 1.93. The van der Waals surface area contributed by atoms with E-state index in [9.17, 15) is 5.11 Å². The number of nitrogens with zero attached hydrogens (tertiary/aromatic N) is 2. The van der Waals surface area contributed by atoms with Gasteiger partial charge in [-0.05, 0) is 30.0 Å². The topological polar surface area (TPSA) is 68.4 Å². The molecule has 0 aliphatic carbocycles. The summed E-state index contributed by atoms with van der Waals surface area (Å²) in [6.07, 6.45) is 1.32. The predicted molar refractivity (Wildman–Crippen MR) is 79.3 cm³/mol. The summed E-state index contributed by atoms with van der Waals surface area (Å²) in [7, 11) is 1.64. The fourth-order valence-corrected chi connectivity index (χ4v) is 2.20. The second-order valence-electron chi connectivity index (χ2n) is 5.62. The van der Waals surface area contributed by atoms with Gasteiger partial charge in [-0.2, -0.15) is 4.98 Å². The van der Waals surface area contributed by atoms with E-state index >= 15 is 0 Å². The van der Waals surface area contributed by atoms with Crippen molar-refractivity contribution in [2.75, 3.05) is 7.11 Å². The van der Waals surface area contributed by atoms with Crippen LogP contribution in [0.25, 0.3) is 0 Å². The quantitative estimate of drug-likeness (QED) is 0.849. The minimum Gasteiger partial charge on any atom is -0.497 e. The van der Waals surface area contributed by atoms with Crippen LogP contribution in [0.15, 0.2) is 28.8 Å². The van der Waals surface area contributed by atoms with E-state index in [1.165, 1.54) is 0 Å². The zero-order valence-corrected chi connectivity index (χ0v) is 12.7. The summed E-state index contributed by atoms with van der Waals surface area (Å²) >= 11 is 0. The first kappa shape index (κ1) is 15.5. The highest BCUT2D eigenvalue weighted by Crippen LogP contribution is 2.14. The molecule has 0 radical (unpaired) electrons. The van der Waals surface area contributed by atoms with E-state index in [1.54, 1.807) is 7.11 Å². The molecule has 1 aromatic heterocycles. The molecule has 1 aromatic carbocycles. The maximum Gasteiger partial charge on any atom is 0.229 e. The molecule has 0 aliphatic heterocycles. The van der Waals surface area contributed by atoms with Crippen molar-refractivity contribution in [1.82, 2.24) is 10.1 Å². The lowest BCUT2D eigenvalue weighted by molar-refractivity contribution is 0.138. The van der Waals surface area contributed by atoms with Crippen molar-refractivity contribution >= 4 is 0 Å². The van der Waals surface area contributed by atoms with Crippen molar-refractivity contribution in [1.29, 1.82) is 0 Å². The number of aromatic nitrogens is 2. The summed E-state index contributed by atoms with van der Waals surface area (Å²) < 4.78 is 10.3. The molecule has 0 bridgehead atoms. The lowest BCUT2D eigenvalue weighted by atomic mass is 10.0. The van der Waals surface area contributed by atoms with Crippen LogP contribution < -0.4 is 4.74 Å². The molecule has 2 rings (SSSR count). The molecule has 1 unspecified atom stereocenters. The van der Waals surface area contributed by atoms with Gasteiger partial charge in [0, 0.05) is 6.42 Å². The molecule has 1 N–H and O–H groups in total. The summed E-state index contributed by atoms with van der Waals surface area (Å²) in [6, 6.07) is 7.76. The van der Waals surface area contributed by atoms with Gasteiger partial charge in [0.25, 0.3) is 0 Å². The Hall–Kier alpha value is -1.88. The Morgan fingerprint density at radius 1 is 1.24 bits per heavy atom. The maximum absolute atomic E-state index is 9.89. The molecule has 0 aliphatic rings. The van der Waals surface area contributed by atoms with Crippen LogP contribution in [-0.4, -0.2) is 28.5 Å². The van der Waals surface area contributed by atoms with Crippen molar-refractivity contribution in [3.63, 3.8) is 0 Å². The normalized spacial score (nSPS) is 12.6. The largest absolute Gasteiger partial charge is 0.497 e. The number of rotatable bonds is 7. The van der Waals surface area contributed by atoms with Crippen molar-refractivity contribution in [2.24, 2.45) is 5.92 Å². The highest BCUT2D eigenvalue weighted by Gasteiger charge is 2.13. The minimum absolute atomic E-state index is 0.411. The Kier molecular flexibility index (Phi) is 5.33. The summed E-state index contributed by atoms with van der Waals surface area (Å²) in [5, 5.41) is 13.8. The Labute approximate surface area is 125 Å². The second kappa shape index (κ2) is 7.22. The molecule has 0 saturated carbocycles. The SMILES string of the molecule is COc1ccc(Cc2noc(CC(O)CC(C)C)n2)cc1. The van der Waals surface area contributed by atoms with Crippen LogP contribution in [0.2, 0.25) is 0 Å². The minimum atomic E-state index is -0.431. The summed E-state index contributed by atoms with van der Waals surface area (Å²) in [6.45, 7) is 4.15. The monoisotopic (exact) mass is 290 g/mol. The number of aliphatic hydroxyl groups excluding tert-OH is 1. The first-order valence-corrected chi connectivity index (χ1v) is 7.19. The number of methoxy groups -OCH3 is 1. The van der Waals surface area contributed by atoms with E-state index in [1.807, 2.05) is 24.3 Å². The predicted octanol–water partition coefficient (Wildman–Crippen LogP) is 2.62. The lowest BCUT2D eigenvalue weighted by Gasteiger charge is -2.09. The highest BCUT2D eigenvalue weighted by atomic mass is 16.5. The van der Waals surface area contributed by atoms with Gasteiger partial charge < -0.3 is 14.4 Å². The van der Waals surface area contributed by atoms with Crippen molar-refractivity contribution in [2.45, 2.75) is 39.2 Å². The molecule has 114 valence electrons. The van der Waals surface area contributed by atoms with E-state index < -0.39 is 6.10 Å². The molecular formula is C16H22N2O3. The Bertz CT molecular complexity index is 549. The van der Waals surface area contributed by atoms with E-state index in [0.717, 1.165) is 17.7 Å². The van der Waals surface area contributed by atoms with E-state index in [4.69, 9.17) is 9.26 Å². The van der Waals surface area contributed by atoms with E-state index in [-0.39, 0.29) is 0 Å². The van der Waals surface area contributed by atoms with Crippen molar-refractivity contribution in [3.8, 4) is 5.75 Å². The van der Waals surface area contributed by atoms with Gasteiger partial charge in [0.1, 0.15) is 5.75 Å². The summed E-state index contributed by atoms with van der Waals surface area (Å²) in [5.41, 5.74) is 1.09. The van der Waals surface area contributed by atoms with Gasteiger partial charge in [-0.1, -0.05) is 31.1 Å². The van der Waals surface area contributed by atoms with Gasteiger partial charge >= 0.3 is 0 Å². The molecule has 0 spiro atoms. The highest BCUT2D eigenvalue weighted by molar-refractivity contribution is 5.28.